The van der Waals surface area contributed by atoms with Crippen LogP contribution in [0, 0.1) is 10.1 Å². The van der Waals surface area contributed by atoms with E-state index in [1.54, 1.807) is 4.31 Å². The quantitative estimate of drug-likeness (QED) is 0.435. The molecule has 0 aliphatic carbocycles. The summed E-state index contributed by atoms with van der Waals surface area (Å²) in [4.78, 5) is 10.4. The van der Waals surface area contributed by atoms with E-state index in [4.69, 9.17) is 0 Å². The summed E-state index contributed by atoms with van der Waals surface area (Å²) < 4.78 is 27.6. The minimum absolute atomic E-state index is 0.0293. The van der Waals surface area contributed by atoms with Crippen LogP contribution < -0.4 is 0 Å². The van der Waals surface area contributed by atoms with Gasteiger partial charge in [0.25, 0.3) is 5.69 Å². The van der Waals surface area contributed by atoms with Gasteiger partial charge in [-0.15, -0.1) is 0 Å². The fourth-order valence-electron chi connectivity index (χ4n) is 3.45. The van der Waals surface area contributed by atoms with Gasteiger partial charge in [-0.1, -0.05) is 32.4 Å². The van der Waals surface area contributed by atoms with E-state index in [0.29, 0.717) is 12.1 Å². The highest BCUT2D eigenvalue weighted by Crippen LogP contribution is 2.34. The molecule has 0 spiro atoms. The second kappa shape index (κ2) is 7.75. The van der Waals surface area contributed by atoms with E-state index in [0.717, 1.165) is 24.9 Å². The standard InChI is InChI=1S/C16H25N2O4SSi/c1-4-24(5-2)16-11-6-13(3)17(12-16)23(21,22)15-9-7-14(8-10-15)18(19)20/h7-10,13,16H,4-6,11-12H2,1-3H3/t13-,16-/m1/s1. The molecule has 1 aromatic carbocycles. The lowest BCUT2D eigenvalue weighted by molar-refractivity contribution is -0.384. The van der Waals surface area contributed by atoms with E-state index in [2.05, 4.69) is 13.8 Å². The van der Waals surface area contributed by atoms with Crippen molar-refractivity contribution >= 4 is 24.5 Å². The van der Waals surface area contributed by atoms with Crippen LogP contribution in [0.25, 0.3) is 0 Å². The zero-order chi connectivity index (χ0) is 17.9. The first-order valence-corrected chi connectivity index (χ1v) is 11.8. The third kappa shape index (κ3) is 3.87. The highest BCUT2D eigenvalue weighted by Gasteiger charge is 2.37. The maximum atomic E-state index is 13.0. The third-order valence-electron chi connectivity index (χ3n) is 4.96. The minimum atomic E-state index is -3.61. The molecule has 2 rings (SSSR count). The molecule has 0 N–H and O–H groups in total. The maximum absolute atomic E-state index is 13.0. The second-order valence-corrected chi connectivity index (χ2v) is 11.8. The number of hydrogen-bond donors (Lipinski definition) is 0. The van der Waals surface area contributed by atoms with Crippen molar-refractivity contribution in [2.24, 2.45) is 0 Å². The Labute approximate surface area is 145 Å². The highest BCUT2D eigenvalue weighted by atomic mass is 32.2. The summed E-state index contributed by atoms with van der Waals surface area (Å²) in [5.74, 6) is 0. The molecule has 1 heterocycles. The smallest absolute Gasteiger partial charge is 0.258 e. The van der Waals surface area contributed by atoms with Crippen LogP contribution in [0.4, 0.5) is 5.69 Å². The van der Waals surface area contributed by atoms with Crippen molar-refractivity contribution in [1.29, 1.82) is 0 Å². The fourth-order valence-corrected chi connectivity index (χ4v) is 7.97. The van der Waals surface area contributed by atoms with Crippen molar-refractivity contribution in [3.8, 4) is 0 Å². The summed E-state index contributed by atoms with van der Waals surface area (Å²) in [5.41, 5.74) is 0.384. The lowest BCUT2D eigenvalue weighted by Gasteiger charge is -2.39. The van der Waals surface area contributed by atoms with E-state index < -0.39 is 23.7 Å². The van der Waals surface area contributed by atoms with Crippen molar-refractivity contribution in [2.45, 2.75) is 62.2 Å². The van der Waals surface area contributed by atoms with Crippen molar-refractivity contribution in [3.63, 3.8) is 0 Å². The van der Waals surface area contributed by atoms with Crippen molar-refractivity contribution in [2.75, 3.05) is 6.54 Å². The van der Waals surface area contributed by atoms with Crippen molar-refractivity contribution < 1.29 is 13.3 Å². The van der Waals surface area contributed by atoms with Gasteiger partial charge in [-0.25, -0.2) is 8.42 Å². The number of sulfonamides is 1. The molecule has 1 aliphatic rings. The van der Waals surface area contributed by atoms with Crippen LogP contribution in [0.15, 0.2) is 29.2 Å². The second-order valence-electron chi connectivity index (χ2n) is 6.31. The normalized spacial score (nSPS) is 22.7. The zero-order valence-corrected chi connectivity index (χ0v) is 16.3. The van der Waals surface area contributed by atoms with Gasteiger partial charge in [0.05, 0.1) is 18.6 Å². The number of non-ortho nitro benzene ring substituents is 1. The minimum Gasteiger partial charge on any atom is -0.258 e. The topological polar surface area (TPSA) is 80.5 Å². The van der Waals surface area contributed by atoms with Crippen LogP contribution >= 0.6 is 0 Å². The first-order chi connectivity index (χ1) is 11.3. The predicted molar refractivity (Wildman–Crippen MR) is 96.2 cm³/mol. The number of nitrogens with zero attached hydrogens (tertiary/aromatic N) is 2. The van der Waals surface area contributed by atoms with Gasteiger partial charge in [-0.05, 0) is 31.0 Å². The molecule has 1 saturated heterocycles. The van der Waals surface area contributed by atoms with Crippen LogP contribution in [0.2, 0.25) is 17.6 Å². The Hall–Kier alpha value is -1.25. The number of hydrogen-bond acceptors (Lipinski definition) is 4. The number of nitro groups is 1. The molecule has 0 unspecified atom stereocenters. The Morgan fingerprint density at radius 1 is 1.21 bits per heavy atom. The summed E-state index contributed by atoms with van der Waals surface area (Å²) in [6, 6.07) is 7.49. The van der Waals surface area contributed by atoms with Crippen LogP contribution in [0.3, 0.4) is 0 Å². The number of piperidine rings is 1. The van der Waals surface area contributed by atoms with Gasteiger partial charge in [-0.2, -0.15) is 4.31 Å². The van der Waals surface area contributed by atoms with Crippen molar-refractivity contribution in [3.05, 3.63) is 34.4 Å². The monoisotopic (exact) mass is 369 g/mol. The molecule has 1 aromatic rings. The average Bonchev–Trinajstić information content (AvgIpc) is 2.57. The molecule has 2 atom stereocenters. The van der Waals surface area contributed by atoms with Gasteiger partial charge in [0, 0.05) is 24.7 Å². The van der Waals surface area contributed by atoms with E-state index >= 15 is 0 Å². The van der Waals surface area contributed by atoms with Gasteiger partial charge in [0.15, 0.2) is 0 Å². The molecule has 1 fully saturated rings. The molecular weight excluding hydrogens is 344 g/mol. The molecule has 0 saturated carbocycles. The van der Waals surface area contributed by atoms with E-state index in [1.165, 1.54) is 24.3 Å². The summed E-state index contributed by atoms with van der Waals surface area (Å²) in [6.45, 7) is 6.93. The molecular formula is C16H25N2O4SSi. The largest absolute Gasteiger partial charge is 0.269 e. The van der Waals surface area contributed by atoms with E-state index in [-0.39, 0.29) is 16.6 Å². The van der Waals surface area contributed by atoms with Crippen molar-refractivity contribution in [1.82, 2.24) is 4.31 Å². The first kappa shape index (κ1) is 19.1. The summed E-state index contributed by atoms with van der Waals surface area (Å²) in [5, 5.41) is 10.7. The van der Waals surface area contributed by atoms with Crippen LogP contribution in [0.1, 0.15) is 33.6 Å². The first-order valence-electron chi connectivity index (χ1n) is 8.42. The fraction of sp³-hybridized carbons (Fsp3) is 0.625. The maximum Gasteiger partial charge on any atom is 0.269 e. The molecule has 8 heteroatoms. The van der Waals surface area contributed by atoms with Crippen LogP contribution in [0.5, 0.6) is 0 Å². The molecule has 6 nitrogen and oxygen atoms in total. The zero-order valence-electron chi connectivity index (χ0n) is 14.4. The highest BCUT2D eigenvalue weighted by molar-refractivity contribution is 7.89. The summed E-state index contributed by atoms with van der Waals surface area (Å²) in [6.07, 6.45) is 1.98. The van der Waals surface area contributed by atoms with Gasteiger partial charge in [0.1, 0.15) is 0 Å². The Balaban J connectivity index is 2.27. The Morgan fingerprint density at radius 2 is 1.79 bits per heavy atom. The lowest BCUT2D eigenvalue weighted by Crippen LogP contribution is -2.46. The number of nitro benzene ring substituents is 1. The summed E-state index contributed by atoms with van der Waals surface area (Å²) in [7, 11) is -4.14. The predicted octanol–water partition coefficient (Wildman–Crippen LogP) is 3.67. The molecule has 0 aromatic heterocycles. The van der Waals surface area contributed by atoms with Gasteiger partial charge in [-0.3, -0.25) is 10.1 Å². The SMILES string of the molecule is CC[Si](CC)[C@@H]1CC[C@@H](C)N(S(=O)(=O)c2ccc([N+](=O)[O-])cc2)C1. The van der Waals surface area contributed by atoms with Crippen LogP contribution in [-0.2, 0) is 10.0 Å². The molecule has 133 valence electrons. The molecule has 0 bridgehead atoms. The Kier molecular flexibility index (Phi) is 6.16. The molecule has 24 heavy (non-hydrogen) atoms. The van der Waals surface area contributed by atoms with Gasteiger partial charge >= 0.3 is 0 Å². The number of rotatable bonds is 6. The molecule has 1 radical (unpaired) electrons. The van der Waals surface area contributed by atoms with E-state index in [9.17, 15) is 18.5 Å². The van der Waals surface area contributed by atoms with E-state index in [1.807, 2.05) is 6.92 Å². The lowest BCUT2D eigenvalue weighted by atomic mass is 10.1. The average molecular weight is 370 g/mol. The Morgan fingerprint density at radius 3 is 2.29 bits per heavy atom. The molecule has 1 aliphatic heterocycles. The molecule has 0 amide bonds. The van der Waals surface area contributed by atoms with Crippen LogP contribution in [-0.4, -0.2) is 39.0 Å². The van der Waals surface area contributed by atoms with Gasteiger partial charge < -0.3 is 0 Å². The number of benzene rings is 1. The third-order valence-corrected chi connectivity index (χ3v) is 10.4. The summed E-state index contributed by atoms with van der Waals surface area (Å²) >= 11 is 0. The Bertz CT molecular complexity index is 674. The van der Waals surface area contributed by atoms with Gasteiger partial charge in [0.2, 0.25) is 10.0 Å².